The van der Waals surface area contributed by atoms with Crippen LogP contribution in [0.3, 0.4) is 0 Å². The molecule has 1 fully saturated rings. The van der Waals surface area contributed by atoms with Gasteiger partial charge in [0, 0.05) is 17.8 Å². The van der Waals surface area contributed by atoms with Crippen LogP contribution in [0.4, 0.5) is 4.39 Å². The van der Waals surface area contributed by atoms with Crippen LogP contribution >= 0.6 is 0 Å². The maximum absolute atomic E-state index is 14.4. The minimum absolute atomic E-state index is 0.0420. The fraction of sp³-hybridized carbons (Fsp3) is 0.208. The Morgan fingerprint density at radius 1 is 1.07 bits per heavy atom. The number of carbonyl (C=O) groups is 1. The van der Waals surface area contributed by atoms with Crippen LogP contribution in [0.25, 0.3) is 28.2 Å². The molecule has 2 aromatic carbocycles. The number of fused-ring (bicyclic) bond motifs is 1. The van der Waals surface area contributed by atoms with Gasteiger partial charge in [-0.25, -0.2) is 4.39 Å². The highest BCUT2D eigenvalue weighted by Crippen LogP contribution is 2.29. The van der Waals surface area contributed by atoms with Crippen LogP contribution in [0.5, 0.6) is 0 Å². The zero-order chi connectivity index (χ0) is 20.8. The molecular weight excluding hydrogens is 379 g/mol. The van der Waals surface area contributed by atoms with Crippen molar-refractivity contribution in [1.29, 1.82) is 0 Å². The zero-order valence-electron chi connectivity index (χ0n) is 16.8. The van der Waals surface area contributed by atoms with E-state index in [4.69, 9.17) is 0 Å². The monoisotopic (exact) mass is 400 g/mol. The van der Waals surface area contributed by atoms with E-state index in [1.54, 1.807) is 10.5 Å². The van der Waals surface area contributed by atoms with Crippen molar-refractivity contribution in [2.45, 2.75) is 32.7 Å². The molecule has 0 spiro atoms. The van der Waals surface area contributed by atoms with Crippen LogP contribution < -0.4 is 5.32 Å². The number of aryl methyl sites for hydroxylation is 2. The summed E-state index contributed by atoms with van der Waals surface area (Å²) in [5.74, 6) is 0.111. The third kappa shape index (κ3) is 3.24. The smallest absolute Gasteiger partial charge is 0.251 e. The highest BCUT2D eigenvalue weighted by atomic mass is 19.1. The van der Waals surface area contributed by atoms with Gasteiger partial charge >= 0.3 is 0 Å². The Hall–Kier alpha value is -3.54. The standard InChI is InChI=1S/C24H21FN4O/c1-14-6-7-17(24(30)26-18-8-9-18)12-19(14)16-10-11-29-21(13-16)27-28-23(29)22-15(2)4-3-5-20(22)25/h3-7,10-13,18H,8-9H2,1-2H3,(H,26,30). The lowest BCUT2D eigenvalue weighted by molar-refractivity contribution is 0.0951. The maximum Gasteiger partial charge on any atom is 0.251 e. The van der Waals surface area contributed by atoms with E-state index in [1.165, 1.54) is 6.07 Å². The molecule has 0 radical (unpaired) electrons. The number of amides is 1. The van der Waals surface area contributed by atoms with Gasteiger partial charge in [-0.15, -0.1) is 10.2 Å². The van der Waals surface area contributed by atoms with E-state index in [0.29, 0.717) is 28.6 Å². The molecule has 1 aliphatic rings. The van der Waals surface area contributed by atoms with Gasteiger partial charge in [-0.3, -0.25) is 9.20 Å². The molecule has 2 heterocycles. The minimum atomic E-state index is -0.321. The Morgan fingerprint density at radius 3 is 2.67 bits per heavy atom. The van der Waals surface area contributed by atoms with Crippen molar-refractivity contribution in [3.63, 3.8) is 0 Å². The van der Waals surface area contributed by atoms with Crippen molar-refractivity contribution in [2.24, 2.45) is 0 Å². The third-order valence-corrected chi connectivity index (χ3v) is 5.58. The van der Waals surface area contributed by atoms with Crippen LogP contribution in [0, 0.1) is 19.7 Å². The molecule has 5 rings (SSSR count). The summed E-state index contributed by atoms with van der Waals surface area (Å²) in [6.07, 6.45) is 3.96. The molecule has 6 heteroatoms. The highest BCUT2D eigenvalue weighted by molar-refractivity contribution is 5.96. The fourth-order valence-corrected chi connectivity index (χ4v) is 3.71. The molecule has 0 saturated heterocycles. The second kappa shape index (κ2) is 7.06. The topological polar surface area (TPSA) is 59.3 Å². The SMILES string of the molecule is Cc1ccc(C(=O)NC2CC2)cc1-c1ccn2c(-c3c(C)cccc3F)nnc2c1. The normalized spacial score (nSPS) is 13.6. The van der Waals surface area contributed by atoms with Gasteiger partial charge in [0.25, 0.3) is 5.91 Å². The Balaban J connectivity index is 1.56. The molecule has 30 heavy (non-hydrogen) atoms. The number of nitrogens with zero attached hydrogens (tertiary/aromatic N) is 3. The molecular formula is C24H21FN4O. The lowest BCUT2D eigenvalue weighted by Crippen LogP contribution is -2.25. The van der Waals surface area contributed by atoms with Crippen LogP contribution in [0.2, 0.25) is 0 Å². The first kappa shape index (κ1) is 18.5. The lowest BCUT2D eigenvalue weighted by atomic mass is 9.98. The average Bonchev–Trinajstić information content (AvgIpc) is 3.45. The Morgan fingerprint density at radius 2 is 1.90 bits per heavy atom. The van der Waals surface area contributed by atoms with Gasteiger partial charge in [-0.05, 0) is 79.3 Å². The van der Waals surface area contributed by atoms with Crippen molar-refractivity contribution in [2.75, 3.05) is 0 Å². The van der Waals surface area contributed by atoms with Crippen molar-refractivity contribution < 1.29 is 9.18 Å². The molecule has 0 atom stereocenters. The highest BCUT2D eigenvalue weighted by Gasteiger charge is 2.24. The molecule has 0 unspecified atom stereocenters. The number of rotatable bonds is 4. The summed E-state index contributed by atoms with van der Waals surface area (Å²) >= 11 is 0. The van der Waals surface area contributed by atoms with E-state index in [1.807, 2.05) is 56.4 Å². The first-order valence-electron chi connectivity index (χ1n) is 10.0. The van der Waals surface area contributed by atoms with E-state index in [0.717, 1.165) is 35.1 Å². The molecule has 0 aliphatic heterocycles. The molecule has 150 valence electrons. The Bertz CT molecular complexity index is 1270. The number of pyridine rings is 1. The number of benzene rings is 2. The average molecular weight is 400 g/mol. The molecule has 1 saturated carbocycles. The van der Waals surface area contributed by atoms with E-state index >= 15 is 0 Å². The third-order valence-electron chi connectivity index (χ3n) is 5.58. The maximum atomic E-state index is 14.4. The number of halogens is 1. The number of nitrogens with one attached hydrogen (secondary N) is 1. The molecule has 1 N–H and O–H groups in total. The lowest BCUT2D eigenvalue weighted by Gasteiger charge is -2.10. The van der Waals surface area contributed by atoms with E-state index in [-0.39, 0.29) is 11.7 Å². The molecule has 1 aliphatic carbocycles. The summed E-state index contributed by atoms with van der Waals surface area (Å²) < 4.78 is 16.2. The summed E-state index contributed by atoms with van der Waals surface area (Å²) in [7, 11) is 0. The quantitative estimate of drug-likeness (QED) is 0.540. The van der Waals surface area contributed by atoms with E-state index in [9.17, 15) is 9.18 Å². The predicted octanol–water partition coefficient (Wildman–Crippen LogP) is 4.71. The van der Waals surface area contributed by atoms with Gasteiger partial charge in [0.05, 0.1) is 5.56 Å². The largest absolute Gasteiger partial charge is 0.349 e. The predicted molar refractivity (Wildman–Crippen MR) is 114 cm³/mol. The number of hydrogen-bond donors (Lipinski definition) is 1. The molecule has 2 aromatic heterocycles. The van der Waals surface area contributed by atoms with Gasteiger partial charge in [-0.2, -0.15) is 0 Å². The molecule has 4 aromatic rings. The summed E-state index contributed by atoms with van der Waals surface area (Å²) in [6, 6.07) is 14.9. The summed E-state index contributed by atoms with van der Waals surface area (Å²) in [5, 5.41) is 11.5. The van der Waals surface area contributed by atoms with E-state index in [2.05, 4.69) is 15.5 Å². The van der Waals surface area contributed by atoms with Gasteiger partial charge in [0.2, 0.25) is 0 Å². The van der Waals surface area contributed by atoms with E-state index < -0.39 is 0 Å². The molecule has 1 amide bonds. The van der Waals surface area contributed by atoms with Crippen LogP contribution in [-0.2, 0) is 0 Å². The number of aromatic nitrogens is 3. The van der Waals surface area contributed by atoms with Gasteiger partial charge in [0.1, 0.15) is 5.82 Å². The Kier molecular flexibility index (Phi) is 4.35. The van der Waals surface area contributed by atoms with Crippen LogP contribution in [0.15, 0.2) is 54.7 Å². The first-order valence-corrected chi connectivity index (χ1v) is 10.0. The molecule has 5 nitrogen and oxygen atoms in total. The second-order valence-corrected chi connectivity index (χ2v) is 7.88. The number of hydrogen-bond acceptors (Lipinski definition) is 3. The van der Waals surface area contributed by atoms with Crippen molar-refractivity contribution in [3.05, 3.63) is 77.2 Å². The van der Waals surface area contributed by atoms with Crippen molar-refractivity contribution in [3.8, 4) is 22.5 Å². The Labute approximate surface area is 173 Å². The van der Waals surface area contributed by atoms with Crippen LogP contribution in [0.1, 0.15) is 34.3 Å². The van der Waals surface area contributed by atoms with Gasteiger partial charge < -0.3 is 5.32 Å². The zero-order valence-corrected chi connectivity index (χ0v) is 16.8. The number of carbonyl (C=O) groups excluding carboxylic acids is 1. The molecule has 0 bridgehead atoms. The van der Waals surface area contributed by atoms with Crippen LogP contribution in [-0.4, -0.2) is 26.5 Å². The van der Waals surface area contributed by atoms with Gasteiger partial charge in [-0.1, -0.05) is 18.2 Å². The van der Waals surface area contributed by atoms with Gasteiger partial charge in [0.15, 0.2) is 11.5 Å². The first-order chi connectivity index (χ1) is 14.5. The summed E-state index contributed by atoms with van der Waals surface area (Å²) in [6.45, 7) is 3.87. The minimum Gasteiger partial charge on any atom is -0.349 e. The second-order valence-electron chi connectivity index (χ2n) is 7.88. The fourth-order valence-electron chi connectivity index (χ4n) is 3.71. The van der Waals surface area contributed by atoms with Crippen molar-refractivity contribution in [1.82, 2.24) is 19.9 Å². The van der Waals surface area contributed by atoms with Crippen molar-refractivity contribution >= 4 is 11.6 Å². The summed E-state index contributed by atoms with van der Waals surface area (Å²) in [5.41, 5.74) is 5.49. The summed E-state index contributed by atoms with van der Waals surface area (Å²) in [4.78, 5) is 12.5.